The zero-order valence-corrected chi connectivity index (χ0v) is 9.38. The number of fused-ring (bicyclic) bond motifs is 5. The molecule has 5 heteroatoms. The number of hydrogen-bond donors (Lipinski definition) is 0. The number of hydrogen-bond acceptors (Lipinski definition) is 5. The number of benzene rings is 1. The molecule has 0 saturated carbocycles. The summed E-state index contributed by atoms with van der Waals surface area (Å²) in [6.45, 7) is 1.07. The summed E-state index contributed by atoms with van der Waals surface area (Å²) >= 11 is 0. The lowest BCUT2D eigenvalue weighted by atomic mass is 9.94. The molecule has 1 aromatic heterocycles. The van der Waals surface area contributed by atoms with E-state index in [1.807, 2.05) is 12.1 Å². The Morgan fingerprint density at radius 1 is 1.17 bits per heavy atom. The second-order valence-corrected chi connectivity index (χ2v) is 4.39. The largest absolute Gasteiger partial charge is 0.492 e. The zero-order valence-electron chi connectivity index (χ0n) is 9.38. The first-order valence-corrected chi connectivity index (χ1v) is 5.73. The minimum atomic E-state index is -0.377. The molecule has 18 heavy (non-hydrogen) atoms. The average Bonchev–Trinajstić information content (AvgIpc) is 2.86. The van der Waals surface area contributed by atoms with Crippen molar-refractivity contribution in [3.8, 4) is 5.75 Å². The smallest absolute Gasteiger partial charge is 0.336 e. The highest BCUT2D eigenvalue weighted by Crippen LogP contribution is 2.35. The molecule has 5 nitrogen and oxygen atoms in total. The van der Waals surface area contributed by atoms with Gasteiger partial charge in [-0.3, -0.25) is 0 Å². The highest BCUT2D eigenvalue weighted by atomic mass is 16.6. The number of ether oxygens (including phenoxy) is 1. The van der Waals surface area contributed by atoms with E-state index >= 15 is 0 Å². The number of nitrogens with zero attached hydrogens (tertiary/aromatic N) is 1. The summed E-state index contributed by atoms with van der Waals surface area (Å²) in [5.74, 6) is 0.811. The SMILES string of the molecule is O=c1ccc2ccc3c(c2o1)C1=NOCC1CO3. The van der Waals surface area contributed by atoms with E-state index in [9.17, 15) is 4.79 Å². The van der Waals surface area contributed by atoms with Crippen LogP contribution in [0, 0.1) is 5.92 Å². The Kier molecular flexibility index (Phi) is 1.81. The van der Waals surface area contributed by atoms with Crippen LogP contribution in [-0.2, 0) is 4.84 Å². The van der Waals surface area contributed by atoms with Gasteiger partial charge < -0.3 is 14.0 Å². The van der Waals surface area contributed by atoms with Gasteiger partial charge in [-0.1, -0.05) is 5.16 Å². The third kappa shape index (κ3) is 1.21. The predicted octanol–water partition coefficient (Wildman–Crippen LogP) is 1.54. The molecule has 4 rings (SSSR count). The van der Waals surface area contributed by atoms with E-state index in [1.54, 1.807) is 6.07 Å². The predicted molar refractivity (Wildman–Crippen MR) is 64.0 cm³/mol. The fourth-order valence-electron chi connectivity index (χ4n) is 2.39. The Morgan fingerprint density at radius 2 is 2.06 bits per heavy atom. The van der Waals surface area contributed by atoms with Gasteiger partial charge in [0.25, 0.3) is 0 Å². The van der Waals surface area contributed by atoms with Crippen LogP contribution in [0.15, 0.2) is 38.6 Å². The summed E-state index contributed by atoms with van der Waals surface area (Å²) in [4.78, 5) is 16.5. The quantitative estimate of drug-likeness (QED) is 0.658. The molecule has 0 amide bonds. The molecule has 2 aliphatic rings. The van der Waals surface area contributed by atoms with Gasteiger partial charge in [-0.25, -0.2) is 4.79 Å². The van der Waals surface area contributed by atoms with E-state index in [2.05, 4.69) is 5.16 Å². The summed E-state index contributed by atoms with van der Waals surface area (Å²) in [6.07, 6.45) is 0. The summed E-state index contributed by atoms with van der Waals surface area (Å²) < 4.78 is 11.0. The molecule has 0 spiro atoms. The molecule has 2 aliphatic heterocycles. The van der Waals surface area contributed by atoms with Crippen molar-refractivity contribution < 1.29 is 14.0 Å². The van der Waals surface area contributed by atoms with Crippen LogP contribution in [0.2, 0.25) is 0 Å². The Hall–Kier alpha value is -2.30. The molecule has 3 heterocycles. The highest BCUT2D eigenvalue weighted by molar-refractivity contribution is 6.13. The van der Waals surface area contributed by atoms with Crippen molar-refractivity contribution in [1.82, 2.24) is 0 Å². The second-order valence-electron chi connectivity index (χ2n) is 4.39. The van der Waals surface area contributed by atoms with Gasteiger partial charge in [0.2, 0.25) is 0 Å². The summed E-state index contributed by atoms with van der Waals surface area (Å²) in [6, 6.07) is 6.88. The van der Waals surface area contributed by atoms with E-state index in [0.29, 0.717) is 24.5 Å². The lowest BCUT2D eigenvalue weighted by Crippen LogP contribution is -2.28. The van der Waals surface area contributed by atoms with Crippen molar-refractivity contribution in [2.75, 3.05) is 13.2 Å². The third-order valence-corrected chi connectivity index (χ3v) is 3.27. The maximum absolute atomic E-state index is 11.4. The monoisotopic (exact) mass is 243 g/mol. The molecule has 0 fully saturated rings. The van der Waals surface area contributed by atoms with Crippen LogP contribution in [0.4, 0.5) is 0 Å². The Labute approximate surface area is 102 Å². The molecule has 90 valence electrons. The van der Waals surface area contributed by atoms with Crippen molar-refractivity contribution in [2.24, 2.45) is 11.1 Å². The van der Waals surface area contributed by atoms with E-state index in [1.165, 1.54) is 6.07 Å². The second kappa shape index (κ2) is 3.35. The maximum Gasteiger partial charge on any atom is 0.336 e. The first kappa shape index (κ1) is 9.70. The topological polar surface area (TPSA) is 61.0 Å². The number of oxime groups is 1. The average molecular weight is 243 g/mol. The first-order chi connectivity index (χ1) is 8.83. The molecule has 0 N–H and O–H groups in total. The summed E-state index contributed by atoms with van der Waals surface area (Å²) in [7, 11) is 0. The fraction of sp³-hybridized carbons (Fsp3) is 0.231. The lowest BCUT2D eigenvalue weighted by Gasteiger charge is -2.21. The van der Waals surface area contributed by atoms with Crippen LogP contribution in [-0.4, -0.2) is 18.9 Å². The third-order valence-electron chi connectivity index (χ3n) is 3.27. The van der Waals surface area contributed by atoms with Gasteiger partial charge in [0, 0.05) is 11.5 Å². The minimum Gasteiger partial charge on any atom is -0.492 e. The maximum atomic E-state index is 11.4. The summed E-state index contributed by atoms with van der Waals surface area (Å²) in [5.41, 5.74) is 1.71. The molecule has 0 saturated heterocycles. The van der Waals surface area contributed by atoms with Gasteiger partial charge in [0.1, 0.15) is 24.7 Å². The van der Waals surface area contributed by atoms with Crippen LogP contribution in [0.1, 0.15) is 5.56 Å². The van der Waals surface area contributed by atoms with Crippen LogP contribution in [0.5, 0.6) is 5.75 Å². The van der Waals surface area contributed by atoms with Crippen molar-refractivity contribution >= 4 is 16.7 Å². The molecule has 0 bridgehead atoms. The van der Waals surface area contributed by atoms with Crippen molar-refractivity contribution in [3.05, 3.63) is 40.2 Å². The van der Waals surface area contributed by atoms with Gasteiger partial charge in [-0.15, -0.1) is 0 Å². The Balaban J connectivity index is 2.11. The zero-order chi connectivity index (χ0) is 12.1. The van der Waals surface area contributed by atoms with E-state index in [0.717, 1.165) is 16.7 Å². The summed E-state index contributed by atoms with van der Waals surface area (Å²) in [5, 5.41) is 4.91. The van der Waals surface area contributed by atoms with Crippen LogP contribution in [0.25, 0.3) is 11.0 Å². The standard InChI is InChI=1S/C13H9NO4/c15-10-4-2-7-1-3-9-11(13(7)18-10)12-8(5-16-9)6-17-14-12/h1-4,8H,5-6H2. The molecule has 1 aromatic carbocycles. The molecule has 0 radical (unpaired) electrons. The van der Waals surface area contributed by atoms with Crippen molar-refractivity contribution in [3.63, 3.8) is 0 Å². The number of rotatable bonds is 0. The molecule has 1 unspecified atom stereocenters. The normalized spacial score (nSPS) is 20.7. The highest BCUT2D eigenvalue weighted by Gasteiger charge is 2.34. The molecule has 2 aromatic rings. The van der Waals surface area contributed by atoms with Gasteiger partial charge in [0.15, 0.2) is 5.58 Å². The Morgan fingerprint density at radius 3 is 3.00 bits per heavy atom. The van der Waals surface area contributed by atoms with Gasteiger partial charge in [-0.2, -0.15) is 0 Å². The fourth-order valence-corrected chi connectivity index (χ4v) is 2.39. The van der Waals surface area contributed by atoms with Crippen molar-refractivity contribution in [1.29, 1.82) is 0 Å². The van der Waals surface area contributed by atoms with Gasteiger partial charge >= 0.3 is 5.63 Å². The minimum absolute atomic E-state index is 0.119. The Bertz CT molecular complexity index is 731. The van der Waals surface area contributed by atoms with Gasteiger partial charge in [0.05, 0.1) is 11.5 Å². The molecular weight excluding hydrogens is 234 g/mol. The van der Waals surface area contributed by atoms with Crippen molar-refractivity contribution in [2.45, 2.75) is 0 Å². The van der Waals surface area contributed by atoms with Crippen LogP contribution >= 0.6 is 0 Å². The van der Waals surface area contributed by atoms with Crippen LogP contribution in [0.3, 0.4) is 0 Å². The van der Waals surface area contributed by atoms with E-state index < -0.39 is 0 Å². The molecular formula is C13H9NO4. The van der Waals surface area contributed by atoms with Crippen LogP contribution < -0.4 is 10.4 Å². The first-order valence-electron chi connectivity index (χ1n) is 5.73. The van der Waals surface area contributed by atoms with Gasteiger partial charge in [-0.05, 0) is 18.2 Å². The van der Waals surface area contributed by atoms with E-state index in [-0.39, 0.29) is 11.5 Å². The lowest BCUT2D eigenvalue weighted by molar-refractivity contribution is 0.137. The van der Waals surface area contributed by atoms with E-state index in [4.69, 9.17) is 14.0 Å². The molecule has 0 aliphatic carbocycles. The molecule has 1 atom stereocenters.